The second kappa shape index (κ2) is 4.06. The van der Waals surface area contributed by atoms with Crippen LogP contribution in [0.1, 0.15) is 13.3 Å². The fraction of sp³-hybridized carbons (Fsp3) is 0.571. The van der Waals surface area contributed by atoms with E-state index in [1.54, 1.807) is 6.92 Å². The van der Waals surface area contributed by atoms with E-state index in [0.717, 1.165) is 0 Å². The average molecular weight is 144 g/mol. The van der Waals surface area contributed by atoms with Crippen LogP contribution in [-0.4, -0.2) is 22.3 Å². The number of rotatable bonds is 4. The first kappa shape index (κ1) is 9.17. The Morgan fingerprint density at radius 2 is 2.30 bits per heavy atom. The number of hydrogen-bond donors (Lipinski definition) is 2. The molecule has 0 rings (SSSR count). The Kier molecular flexibility index (Phi) is 3.72. The maximum absolute atomic E-state index is 10.3. The van der Waals surface area contributed by atoms with Crippen LogP contribution in [0.5, 0.6) is 0 Å². The molecular weight excluding hydrogens is 132 g/mol. The molecule has 0 bridgehead atoms. The molecule has 0 unspecified atom stereocenters. The molecule has 0 heterocycles. The summed E-state index contributed by atoms with van der Waals surface area (Å²) in [6.07, 6.45) is 0.870. The number of aliphatic hydroxyl groups excluding tert-OH is 1. The van der Waals surface area contributed by atoms with E-state index in [9.17, 15) is 4.79 Å². The maximum atomic E-state index is 10.3. The van der Waals surface area contributed by atoms with Gasteiger partial charge in [0.2, 0.25) is 0 Å². The van der Waals surface area contributed by atoms with Gasteiger partial charge in [0.1, 0.15) is 5.92 Å². The number of carboxylic acid groups (broad SMARTS) is 1. The van der Waals surface area contributed by atoms with Crippen LogP contribution in [0.15, 0.2) is 12.7 Å². The molecular formula is C7H12O3. The minimum absolute atomic E-state index is 0.434. The number of carbonyl (C=O) groups is 1. The lowest BCUT2D eigenvalue weighted by Gasteiger charge is -2.12. The fourth-order valence-electron chi connectivity index (χ4n) is 0.676. The number of aliphatic hydroxyl groups is 1. The molecule has 2 atom stereocenters. The smallest absolute Gasteiger partial charge is 0.312 e. The van der Waals surface area contributed by atoms with E-state index in [-0.39, 0.29) is 0 Å². The predicted molar refractivity (Wildman–Crippen MR) is 37.6 cm³/mol. The Morgan fingerprint density at radius 3 is 2.40 bits per heavy atom. The summed E-state index contributed by atoms with van der Waals surface area (Å²) in [6.45, 7) is 5.04. The summed E-state index contributed by atoms with van der Waals surface area (Å²) in [7, 11) is 0. The largest absolute Gasteiger partial charge is 0.481 e. The van der Waals surface area contributed by atoms with Crippen molar-refractivity contribution in [2.45, 2.75) is 19.4 Å². The van der Waals surface area contributed by atoms with E-state index >= 15 is 0 Å². The summed E-state index contributed by atoms with van der Waals surface area (Å²) >= 11 is 0. The molecule has 0 saturated heterocycles. The standard InChI is InChI=1S/C7H12O3/c1-3-5(7(9)10)6(8)4-2/h3,5-6,8H,1,4H2,2H3,(H,9,10)/t5-,6-/m0/s1. The summed E-state index contributed by atoms with van der Waals surface area (Å²) in [5.41, 5.74) is 0. The van der Waals surface area contributed by atoms with Gasteiger partial charge in [0.05, 0.1) is 6.10 Å². The Balaban J connectivity index is 4.05. The third-order valence-electron chi connectivity index (χ3n) is 1.37. The van der Waals surface area contributed by atoms with Crippen molar-refractivity contribution in [3.05, 3.63) is 12.7 Å². The van der Waals surface area contributed by atoms with Crippen molar-refractivity contribution >= 4 is 5.97 Å². The van der Waals surface area contributed by atoms with Crippen molar-refractivity contribution in [1.82, 2.24) is 0 Å². The summed E-state index contributed by atoms with van der Waals surface area (Å²) < 4.78 is 0. The molecule has 0 amide bonds. The monoisotopic (exact) mass is 144 g/mol. The third-order valence-corrected chi connectivity index (χ3v) is 1.37. The summed E-state index contributed by atoms with van der Waals surface area (Å²) in [4.78, 5) is 10.3. The Labute approximate surface area is 60.0 Å². The highest BCUT2D eigenvalue weighted by Crippen LogP contribution is 2.07. The van der Waals surface area contributed by atoms with E-state index in [4.69, 9.17) is 10.2 Å². The molecule has 2 N–H and O–H groups in total. The van der Waals surface area contributed by atoms with Crippen LogP contribution in [0.25, 0.3) is 0 Å². The zero-order valence-corrected chi connectivity index (χ0v) is 5.95. The van der Waals surface area contributed by atoms with E-state index in [1.165, 1.54) is 6.08 Å². The lowest BCUT2D eigenvalue weighted by molar-refractivity contribution is -0.143. The van der Waals surface area contributed by atoms with Gasteiger partial charge in [-0.1, -0.05) is 13.0 Å². The highest BCUT2D eigenvalue weighted by molar-refractivity contribution is 5.72. The van der Waals surface area contributed by atoms with E-state index in [0.29, 0.717) is 6.42 Å². The van der Waals surface area contributed by atoms with Gasteiger partial charge in [0, 0.05) is 0 Å². The van der Waals surface area contributed by atoms with Gasteiger partial charge >= 0.3 is 5.97 Å². The molecule has 0 radical (unpaired) electrons. The van der Waals surface area contributed by atoms with Gasteiger partial charge in [-0.15, -0.1) is 6.58 Å². The molecule has 3 nitrogen and oxygen atoms in total. The van der Waals surface area contributed by atoms with Crippen LogP contribution < -0.4 is 0 Å². The van der Waals surface area contributed by atoms with Crippen LogP contribution in [0.2, 0.25) is 0 Å². The average Bonchev–Trinajstić information content (AvgIpc) is 1.88. The topological polar surface area (TPSA) is 57.5 Å². The van der Waals surface area contributed by atoms with Gasteiger partial charge in [-0.3, -0.25) is 4.79 Å². The molecule has 10 heavy (non-hydrogen) atoms. The Bertz CT molecular complexity index is 131. The molecule has 0 aromatic rings. The fourth-order valence-corrected chi connectivity index (χ4v) is 0.676. The molecule has 3 heteroatoms. The molecule has 58 valence electrons. The minimum Gasteiger partial charge on any atom is -0.481 e. The van der Waals surface area contributed by atoms with Gasteiger partial charge in [-0.05, 0) is 6.42 Å². The Morgan fingerprint density at radius 1 is 1.80 bits per heavy atom. The molecule has 0 aliphatic carbocycles. The highest BCUT2D eigenvalue weighted by Gasteiger charge is 2.20. The molecule has 0 spiro atoms. The molecule has 0 aromatic carbocycles. The van der Waals surface area contributed by atoms with Crippen molar-refractivity contribution < 1.29 is 15.0 Å². The number of hydrogen-bond acceptors (Lipinski definition) is 2. The quantitative estimate of drug-likeness (QED) is 0.569. The van der Waals surface area contributed by atoms with Gasteiger partial charge in [-0.25, -0.2) is 0 Å². The first-order valence-electron chi connectivity index (χ1n) is 3.16. The predicted octanol–water partition coefficient (Wildman–Crippen LogP) is 0.644. The summed E-state index contributed by atoms with van der Waals surface area (Å²) in [5.74, 6) is -1.85. The summed E-state index contributed by atoms with van der Waals surface area (Å²) in [5, 5.41) is 17.5. The second-order valence-electron chi connectivity index (χ2n) is 2.08. The van der Waals surface area contributed by atoms with Gasteiger partial charge < -0.3 is 10.2 Å². The SMILES string of the molecule is C=C[C@H](C(=O)O)[C@@H](O)CC. The van der Waals surface area contributed by atoms with Crippen LogP contribution in [0.3, 0.4) is 0 Å². The van der Waals surface area contributed by atoms with Gasteiger partial charge in [0.15, 0.2) is 0 Å². The highest BCUT2D eigenvalue weighted by atomic mass is 16.4. The Hall–Kier alpha value is -0.830. The zero-order chi connectivity index (χ0) is 8.15. The van der Waals surface area contributed by atoms with Gasteiger partial charge in [0.25, 0.3) is 0 Å². The first-order valence-corrected chi connectivity index (χ1v) is 3.16. The first-order chi connectivity index (χ1) is 4.63. The van der Waals surface area contributed by atoms with Crippen molar-refractivity contribution in [2.75, 3.05) is 0 Å². The third kappa shape index (κ3) is 2.19. The lowest BCUT2D eigenvalue weighted by Crippen LogP contribution is -2.25. The van der Waals surface area contributed by atoms with E-state index in [1.807, 2.05) is 0 Å². The number of carboxylic acids is 1. The molecule has 0 fully saturated rings. The summed E-state index contributed by atoms with van der Waals surface area (Å²) in [6, 6.07) is 0. The lowest BCUT2D eigenvalue weighted by atomic mass is 10.0. The molecule has 0 aliphatic heterocycles. The molecule has 0 aromatic heterocycles. The molecule has 0 saturated carbocycles. The van der Waals surface area contributed by atoms with Gasteiger partial charge in [-0.2, -0.15) is 0 Å². The van der Waals surface area contributed by atoms with Crippen molar-refractivity contribution in [3.63, 3.8) is 0 Å². The van der Waals surface area contributed by atoms with Crippen molar-refractivity contribution in [2.24, 2.45) is 5.92 Å². The normalized spacial score (nSPS) is 15.8. The maximum Gasteiger partial charge on any atom is 0.312 e. The van der Waals surface area contributed by atoms with Crippen molar-refractivity contribution in [3.8, 4) is 0 Å². The minimum atomic E-state index is -1.02. The van der Waals surface area contributed by atoms with E-state index in [2.05, 4.69) is 6.58 Å². The second-order valence-corrected chi connectivity index (χ2v) is 2.08. The van der Waals surface area contributed by atoms with Crippen LogP contribution in [0.4, 0.5) is 0 Å². The van der Waals surface area contributed by atoms with Crippen LogP contribution in [-0.2, 0) is 4.79 Å². The number of aliphatic carboxylic acids is 1. The zero-order valence-electron chi connectivity index (χ0n) is 5.95. The van der Waals surface area contributed by atoms with Crippen molar-refractivity contribution in [1.29, 1.82) is 0 Å². The van der Waals surface area contributed by atoms with Crippen LogP contribution >= 0.6 is 0 Å². The van der Waals surface area contributed by atoms with E-state index < -0.39 is 18.0 Å². The van der Waals surface area contributed by atoms with Crippen LogP contribution in [0, 0.1) is 5.92 Å². The molecule has 0 aliphatic rings.